The lowest BCUT2D eigenvalue weighted by Gasteiger charge is -2.08. The van der Waals surface area contributed by atoms with E-state index < -0.39 is 0 Å². The first kappa shape index (κ1) is 21.6. The van der Waals surface area contributed by atoms with E-state index in [2.05, 4.69) is 5.32 Å². The van der Waals surface area contributed by atoms with Crippen LogP contribution in [0.1, 0.15) is 35.7 Å². The van der Waals surface area contributed by atoms with E-state index in [0.29, 0.717) is 33.7 Å². The summed E-state index contributed by atoms with van der Waals surface area (Å²) in [7, 11) is 0. The van der Waals surface area contributed by atoms with Gasteiger partial charge >= 0.3 is 5.97 Å². The fourth-order valence-electron chi connectivity index (χ4n) is 2.20. The standard InChI is InChI=1S/C20H21Cl2NO3S/c1-2-3-11-26-20(25)14-7-9-15(10-8-14)23-19(24)13-27-12-16-17(21)5-4-6-18(16)22/h4-10H,2-3,11-13H2,1H3,(H,23,24). The number of unbranched alkanes of at least 4 members (excludes halogenated alkanes) is 1. The Balaban J connectivity index is 1.79. The predicted octanol–water partition coefficient (Wildman–Crippen LogP) is 5.82. The van der Waals surface area contributed by atoms with Crippen molar-refractivity contribution >= 4 is 52.5 Å². The van der Waals surface area contributed by atoms with Crippen molar-refractivity contribution in [3.8, 4) is 0 Å². The summed E-state index contributed by atoms with van der Waals surface area (Å²) in [5.41, 5.74) is 1.91. The van der Waals surface area contributed by atoms with E-state index >= 15 is 0 Å². The lowest BCUT2D eigenvalue weighted by Crippen LogP contribution is -2.14. The largest absolute Gasteiger partial charge is 0.462 e. The molecule has 1 amide bonds. The molecule has 0 unspecified atom stereocenters. The zero-order valence-corrected chi connectivity index (χ0v) is 17.3. The van der Waals surface area contributed by atoms with Crippen molar-refractivity contribution < 1.29 is 14.3 Å². The maximum atomic E-state index is 12.1. The van der Waals surface area contributed by atoms with Gasteiger partial charge in [-0.2, -0.15) is 0 Å². The SMILES string of the molecule is CCCCOC(=O)c1ccc(NC(=O)CSCc2c(Cl)cccc2Cl)cc1. The summed E-state index contributed by atoms with van der Waals surface area (Å²) < 4.78 is 5.15. The lowest BCUT2D eigenvalue weighted by molar-refractivity contribution is -0.113. The number of carbonyl (C=O) groups is 2. The molecule has 0 spiro atoms. The zero-order valence-electron chi connectivity index (χ0n) is 15.0. The number of ether oxygens (including phenoxy) is 1. The number of amides is 1. The number of hydrogen-bond acceptors (Lipinski definition) is 4. The molecule has 7 heteroatoms. The second kappa shape index (κ2) is 11.2. The molecular weight excluding hydrogens is 405 g/mol. The van der Waals surface area contributed by atoms with Gasteiger partial charge in [-0.15, -0.1) is 11.8 Å². The molecule has 2 rings (SSSR count). The average molecular weight is 426 g/mol. The minimum absolute atomic E-state index is 0.138. The Kier molecular flexibility index (Phi) is 8.98. The second-order valence-electron chi connectivity index (χ2n) is 5.81. The molecule has 0 aliphatic carbocycles. The van der Waals surface area contributed by atoms with Gasteiger partial charge in [0.25, 0.3) is 0 Å². The van der Waals surface area contributed by atoms with Crippen LogP contribution in [0.25, 0.3) is 0 Å². The number of hydrogen-bond donors (Lipinski definition) is 1. The van der Waals surface area contributed by atoms with Crippen molar-refractivity contribution in [1.29, 1.82) is 0 Å². The molecule has 1 N–H and O–H groups in total. The maximum Gasteiger partial charge on any atom is 0.338 e. The zero-order chi connectivity index (χ0) is 19.6. The number of thioether (sulfide) groups is 1. The molecule has 27 heavy (non-hydrogen) atoms. The highest BCUT2D eigenvalue weighted by atomic mass is 35.5. The van der Waals surface area contributed by atoms with Gasteiger partial charge in [0.2, 0.25) is 5.91 Å². The average Bonchev–Trinajstić information content (AvgIpc) is 2.65. The molecular formula is C20H21Cl2NO3S. The Morgan fingerprint density at radius 1 is 1.07 bits per heavy atom. The molecule has 0 heterocycles. The van der Waals surface area contributed by atoms with Crippen molar-refractivity contribution in [2.75, 3.05) is 17.7 Å². The monoisotopic (exact) mass is 425 g/mol. The Labute approximate surface area is 173 Å². The summed E-state index contributed by atoms with van der Waals surface area (Å²) in [6.07, 6.45) is 1.82. The van der Waals surface area contributed by atoms with Crippen LogP contribution in [0.5, 0.6) is 0 Å². The molecule has 144 valence electrons. The van der Waals surface area contributed by atoms with Crippen molar-refractivity contribution in [2.24, 2.45) is 0 Å². The van der Waals surface area contributed by atoms with Crippen molar-refractivity contribution in [3.05, 3.63) is 63.6 Å². The highest BCUT2D eigenvalue weighted by molar-refractivity contribution is 7.99. The molecule has 4 nitrogen and oxygen atoms in total. The van der Waals surface area contributed by atoms with E-state index in [0.717, 1.165) is 18.4 Å². The van der Waals surface area contributed by atoms with E-state index in [1.165, 1.54) is 11.8 Å². The number of nitrogens with one attached hydrogen (secondary N) is 1. The molecule has 0 bridgehead atoms. The lowest BCUT2D eigenvalue weighted by atomic mass is 10.2. The number of anilines is 1. The van der Waals surface area contributed by atoms with Crippen LogP contribution >= 0.6 is 35.0 Å². The van der Waals surface area contributed by atoms with Crippen LogP contribution in [0.2, 0.25) is 10.0 Å². The summed E-state index contributed by atoms with van der Waals surface area (Å²) >= 11 is 13.7. The molecule has 0 radical (unpaired) electrons. The number of benzene rings is 2. The van der Waals surface area contributed by atoms with Crippen LogP contribution in [0.3, 0.4) is 0 Å². The van der Waals surface area contributed by atoms with Crippen molar-refractivity contribution in [1.82, 2.24) is 0 Å². The third-order valence-corrected chi connectivity index (χ3v) is 5.34. The van der Waals surface area contributed by atoms with Crippen LogP contribution in [-0.4, -0.2) is 24.2 Å². The fraction of sp³-hybridized carbons (Fsp3) is 0.300. The summed E-state index contributed by atoms with van der Waals surface area (Å²) in [5.74, 6) is 0.326. The highest BCUT2D eigenvalue weighted by Crippen LogP contribution is 2.28. The fourth-order valence-corrected chi connectivity index (χ4v) is 3.76. The summed E-state index contributed by atoms with van der Waals surface area (Å²) in [6, 6.07) is 12.0. The minimum atomic E-state index is -0.353. The van der Waals surface area contributed by atoms with E-state index in [9.17, 15) is 9.59 Å². The first-order valence-corrected chi connectivity index (χ1v) is 10.5. The van der Waals surface area contributed by atoms with Gasteiger partial charge in [0.05, 0.1) is 17.9 Å². The van der Waals surface area contributed by atoms with Gasteiger partial charge in [-0.25, -0.2) is 4.79 Å². The van der Waals surface area contributed by atoms with E-state index in [1.54, 1.807) is 42.5 Å². The maximum absolute atomic E-state index is 12.1. The van der Waals surface area contributed by atoms with Gasteiger partial charge < -0.3 is 10.1 Å². The molecule has 0 atom stereocenters. The van der Waals surface area contributed by atoms with Crippen LogP contribution in [0.4, 0.5) is 5.69 Å². The third-order valence-electron chi connectivity index (χ3n) is 3.68. The van der Waals surface area contributed by atoms with Crippen LogP contribution in [-0.2, 0) is 15.3 Å². The van der Waals surface area contributed by atoms with E-state index in [-0.39, 0.29) is 17.6 Å². The van der Waals surface area contributed by atoms with Gasteiger partial charge in [-0.05, 0) is 48.4 Å². The number of esters is 1. The van der Waals surface area contributed by atoms with E-state index in [4.69, 9.17) is 27.9 Å². The van der Waals surface area contributed by atoms with Gasteiger partial charge in [0.15, 0.2) is 0 Å². The predicted molar refractivity (Wildman–Crippen MR) is 113 cm³/mol. The normalized spacial score (nSPS) is 10.5. The molecule has 0 aromatic heterocycles. The quantitative estimate of drug-likeness (QED) is 0.405. The van der Waals surface area contributed by atoms with Crippen LogP contribution < -0.4 is 5.32 Å². The molecule has 0 saturated carbocycles. The molecule has 0 aliphatic heterocycles. The van der Waals surface area contributed by atoms with Gasteiger partial charge in [0, 0.05) is 21.5 Å². The Morgan fingerprint density at radius 3 is 2.37 bits per heavy atom. The molecule has 2 aromatic carbocycles. The third kappa shape index (κ3) is 7.09. The van der Waals surface area contributed by atoms with Gasteiger partial charge in [-0.1, -0.05) is 42.6 Å². The Hall–Kier alpha value is -1.69. The first-order chi connectivity index (χ1) is 13.0. The smallest absolute Gasteiger partial charge is 0.338 e. The van der Waals surface area contributed by atoms with Crippen molar-refractivity contribution in [2.45, 2.75) is 25.5 Å². The second-order valence-corrected chi connectivity index (χ2v) is 7.61. The van der Waals surface area contributed by atoms with Crippen LogP contribution in [0.15, 0.2) is 42.5 Å². The Bertz CT molecular complexity index is 761. The van der Waals surface area contributed by atoms with E-state index in [1.807, 2.05) is 6.92 Å². The molecule has 2 aromatic rings. The summed E-state index contributed by atoms with van der Waals surface area (Å²) in [4.78, 5) is 23.9. The Morgan fingerprint density at radius 2 is 1.74 bits per heavy atom. The number of rotatable bonds is 9. The molecule has 0 saturated heterocycles. The molecule has 0 aliphatic rings. The first-order valence-electron chi connectivity index (χ1n) is 8.59. The van der Waals surface area contributed by atoms with Crippen molar-refractivity contribution in [3.63, 3.8) is 0 Å². The minimum Gasteiger partial charge on any atom is -0.462 e. The number of carbonyl (C=O) groups excluding carboxylic acids is 2. The van der Waals surface area contributed by atoms with Gasteiger partial charge in [0.1, 0.15) is 0 Å². The van der Waals surface area contributed by atoms with Gasteiger partial charge in [-0.3, -0.25) is 4.79 Å². The molecule has 0 fully saturated rings. The topological polar surface area (TPSA) is 55.4 Å². The summed E-state index contributed by atoms with van der Waals surface area (Å²) in [5, 5.41) is 3.99. The number of halogens is 2. The summed E-state index contributed by atoms with van der Waals surface area (Å²) in [6.45, 7) is 2.45. The highest BCUT2D eigenvalue weighted by Gasteiger charge is 2.09. The van der Waals surface area contributed by atoms with Crippen LogP contribution in [0, 0.1) is 0 Å².